The summed E-state index contributed by atoms with van der Waals surface area (Å²) in [5, 5.41) is 15.4. The molecule has 1 fully saturated rings. The van der Waals surface area contributed by atoms with Crippen LogP contribution in [0, 0.1) is 5.82 Å². The van der Waals surface area contributed by atoms with Crippen molar-refractivity contribution in [2.75, 3.05) is 30.1 Å². The second-order valence-corrected chi connectivity index (χ2v) is 8.51. The molecule has 1 saturated heterocycles. The van der Waals surface area contributed by atoms with Crippen molar-refractivity contribution in [1.29, 1.82) is 0 Å². The lowest BCUT2D eigenvalue weighted by atomic mass is 10.2. The van der Waals surface area contributed by atoms with Crippen molar-refractivity contribution >= 4 is 29.0 Å². The van der Waals surface area contributed by atoms with Crippen LogP contribution in [0.5, 0.6) is 5.75 Å². The van der Waals surface area contributed by atoms with Crippen LogP contribution in [0.15, 0.2) is 53.7 Å². The molecular weight excluding hydrogens is 445 g/mol. The first-order chi connectivity index (χ1) is 16.1. The zero-order valence-electron chi connectivity index (χ0n) is 18.3. The first-order valence-electron chi connectivity index (χ1n) is 10.7. The van der Waals surface area contributed by atoms with Gasteiger partial charge in [-0.05, 0) is 61.4 Å². The predicted molar refractivity (Wildman–Crippen MR) is 125 cm³/mol. The van der Waals surface area contributed by atoms with E-state index in [2.05, 4.69) is 20.8 Å². The van der Waals surface area contributed by atoms with Crippen molar-refractivity contribution in [1.82, 2.24) is 14.8 Å². The van der Waals surface area contributed by atoms with Crippen molar-refractivity contribution in [3.05, 3.63) is 60.2 Å². The minimum absolute atomic E-state index is 0.0954. The zero-order chi connectivity index (χ0) is 23.0. The molecule has 0 saturated carbocycles. The summed E-state index contributed by atoms with van der Waals surface area (Å²) >= 11 is 1.33. The molecule has 33 heavy (non-hydrogen) atoms. The Morgan fingerprint density at radius 3 is 2.64 bits per heavy atom. The quantitative estimate of drug-likeness (QED) is 0.433. The number of hydrogen-bond donors (Lipinski definition) is 2. The molecule has 174 valence electrons. The molecule has 8 nitrogen and oxygen atoms in total. The number of amides is 1. The van der Waals surface area contributed by atoms with Gasteiger partial charge in [0.25, 0.3) is 0 Å². The Balaban J connectivity index is 1.39. The highest BCUT2D eigenvalue weighted by Gasteiger charge is 2.21. The van der Waals surface area contributed by atoms with Crippen LogP contribution in [-0.4, -0.2) is 46.2 Å². The monoisotopic (exact) mass is 471 g/mol. The minimum Gasteiger partial charge on any atom is -0.497 e. The third-order valence-electron chi connectivity index (χ3n) is 5.20. The van der Waals surface area contributed by atoms with Crippen molar-refractivity contribution in [3.63, 3.8) is 0 Å². The van der Waals surface area contributed by atoms with Gasteiger partial charge in [0.15, 0.2) is 11.0 Å². The van der Waals surface area contributed by atoms with Crippen LogP contribution < -0.4 is 15.4 Å². The van der Waals surface area contributed by atoms with Crippen LogP contribution in [0.4, 0.5) is 15.8 Å². The number of aromatic nitrogens is 3. The highest BCUT2D eigenvalue weighted by Crippen LogP contribution is 2.23. The summed E-state index contributed by atoms with van der Waals surface area (Å²) in [6.07, 6.45) is 2.10. The molecule has 3 aromatic rings. The molecule has 2 N–H and O–H groups in total. The summed E-state index contributed by atoms with van der Waals surface area (Å²) in [6, 6.07) is 13.3. The van der Waals surface area contributed by atoms with E-state index in [4.69, 9.17) is 9.47 Å². The first kappa shape index (κ1) is 23.1. The van der Waals surface area contributed by atoms with Crippen LogP contribution >= 0.6 is 11.8 Å². The van der Waals surface area contributed by atoms with Gasteiger partial charge in [0.1, 0.15) is 11.6 Å². The number of thioether (sulfide) groups is 1. The molecule has 1 amide bonds. The van der Waals surface area contributed by atoms with Gasteiger partial charge in [-0.2, -0.15) is 0 Å². The Labute approximate surface area is 195 Å². The number of hydrogen-bond acceptors (Lipinski definition) is 7. The van der Waals surface area contributed by atoms with Gasteiger partial charge in [-0.15, -0.1) is 10.2 Å². The van der Waals surface area contributed by atoms with Crippen molar-refractivity contribution in [2.24, 2.45) is 0 Å². The van der Waals surface area contributed by atoms with Crippen molar-refractivity contribution in [2.45, 2.75) is 37.2 Å². The number of halogens is 1. The Morgan fingerprint density at radius 2 is 1.94 bits per heavy atom. The molecule has 2 aromatic carbocycles. The average Bonchev–Trinajstić information content (AvgIpc) is 3.48. The van der Waals surface area contributed by atoms with Gasteiger partial charge < -0.3 is 24.7 Å². The summed E-state index contributed by atoms with van der Waals surface area (Å²) in [4.78, 5) is 12.5. The number of rotatable bonds is 10. The molecule has 10 heteroatoms. The van der Waals surface area contributed by atoms with Crippen LogP contribution in [0.25, 0.3) is 0 Å². The Kier molecular flexibility index (Phi) is 7.79. The molecule has 4 rings (SSSR count). The number of nitrogens with one attached hydrogen (secondary N) is 2. The molecule has 1 aliphatic heterocycles. The lowest BCUT2D eigenvalue weighted by Gasteiger charge is -2.15. The molecule has 0 unspecified atom stereocenters. The molecule has 1 atom stereocenters. The van der Waals surface area contributed by atoms with E-state index in [1.54, 1.807) is 43.5 Å². The summed E-state index contributed by atoms with van der Waals surface area (Å²) in [6.45, 7) is 1.79. The van der Waals surface area contributed by atoms with Gasteiger partial charge >= 0.3 is 0 Å². The number of benzene rings is 2. The summed E-state index contributed by atoms with van der Waals surface area (Å²) in [5.41, 5.74) is 1.49. The van der Waals surface area contributed by atoms with Gasteiger partial charge in [-0.1, -0.05) is 11.8 Å². The lowest BCUT2D eigenvalue weighted by molar-refractivity contribution is -0.113. The summed E-state index contributed by atoms with van der Waals surface area (Å²) in [7, 11) is 1.60. The molecule has 0 bridgehead atoms. The second kappa shape index (κ2) is 11.2. The molecule has 0 aliphatic carbocycles. The number of anilines is 2. The largest absolute Gasteiger partial charge is 0.497 e. The van der Waals surface area contributed by atoms with E-state index in [0.29, 0.717) is 23.9 Å². The Bertz CT molecular complexity index is 1050. The number of methoxy groups -OCH3 is 1. The van der Waals surface area contributed by atoms with E-state index < -0.39 is 0 Å². The van der Waals surface area contributed by atoms with Crippen LogP contribution in [-0.2, 0) is 22.6 Å². The number of nitrogens with zero attached hydrogens (tertiary/aromatic N) is 3. The molecule has 1 aliphatic rings. The standard InChI is InChI=1S/C23H26FN5O3S/c1-31-19-10-8-18(9-11-19)26-22(30)15-33-23-28-27-21(29(23)14-20-3-2-12-32-20)13-25-17-6-4-16(24)5-7-17/h4-11,20,25H,2-3,12-15H2,1H3,(H,26,30)/t20-/m1/s1. The first-order valence-corrected chi connectivity index (χ1v) is 11.7. The maximum absolute atomic E-state index is 13.2. The zero-order valence-corrected chi connectivity index (χ0v) is 19.1. The van der Waals surface area contributed by atoms with E-state index >= 15 is 0 Å². The highest BCUT2D eigenvalue weighted by molar-refractivity contribution is 7.99. The molecule has 2 heterocycles. The van der Waals surface area contributed by atoms with Gasteiger partial charge in [0.05, 0.1) is 32.1 Å². The third-order valence-corrected chi connectivity index (χ3v) is 6.17. The lowest BCUT2D eigenvalue weighted by Crippen LogP contribution is -2.20. The molecule has 1 aromatic heterocycles. The SMILES string of the molecule is COc1ccc(NC(=O)CSc2nnc(CNc3ccc(F)cc3)n2C[C@H]2CCCO2)cc1. The van der Waals surface area contributed by atoms with Gasteiger partial charge in [0, 0.05) is 18.0 Å². The van der Waals surface area contributed by atoms with E-state index in [-0.39, 0.29) is 23.6 Å². The Morgan fingerprint density at radius 1 is 1.18 bits per heavy atom. The van der Waals surface area contributed by atoms with Gasteiger partial charge in [0.2, 0.25) is 5.91 Å². The molecule has 0 spiro atoms. The Hall–Kier alpha value is -3.11. The molecule has 0 radical (unpaired) electrons. The number of carbonyl (C=O) groups excluding carboxylic acids is 1. The van der Waals surface area contributed by atoms with E-state index in [1.165, 1.54) is 23.9 Å². The van der Waals surface area contributed by atoms with E-state index in [1.807, 2.05) is 4.57 Å². The number of carbonyl (C=O) groups is 1. The van der Waals surface area contributed by atoms with Crippen LogP contribution in [0.2, 0.25) is 0 Å². The van der Waals surface area contributed by atoms with Crippen molar-refractivity contribution < 1.29 is 18.7 Å². The van der Waals surface area contributed by atoms with E-state index in [0.717, 1.165) is 36.7 Å². The minimum atomic E-state index is -0.284. The van der Waals surface area contributed by atoms with Crippen LogP contribution in [0.3, 0.4) is 0 Å². The summed E-state index contributed by atoms with van der Waals surface area (Å²) < 4.78 is 26.1. The third kappa shape index (κ3) is 6.45. The fraction of sp³-hybridized carbons (Fsp3) is 0.348. The van der Waals surface area contributed by atoms with Gasteiger partial charge in [-0.3, -0.25) is 4.79 Å². The van der Waals surface area contributed by atoms with E-state index in [9.17, 15) is 9.18 Å². The molecular formula is C23H26FN5O3S. The smallest absolute Gasteiger partial charge is 0.234 e. The second-order valence-electron chi connectivity index (χ2n) is 7.57. The summed E-state index contributed by atoms with van der Waals surface area (Å²) in [5.74, 6) is 1.23. The fourth-order valence-electron chi connectivity index (χ4n) is 3.48. The average molecular weight is 472 g/mol. The van der Waals surface area contributed by atoms with Gasteiger partial charge in [-0.25, -0.2) is 4.39 Å². The fourth-order valence-corrected chi connectivity index (χ4v) is 4.25. The normalized spacial score (nSPS) is 15.4. The topological polar surface area (TPSA) is 90.3 Å². The number of ether oxygens (including phenoxy) is 2. The van der Waals surface area contributed by atoms with Crippen LogP contribution in [0.1, 0.15) is 18.7 Å². The highest BCUT2D eigenvalue weighted by atomic mass is 32.2. The predicted octanol–water partition coefficient (Wildman–Crippen LogP) is 3.95. The maximum atomic E-state index is 13.2. The maximum Gasteiger partial charge on any atom is 0.234 e. The van der Waals surface area contributed by atoms with Crippen molar-refractivity contribution in [3.8, 4) is 5.75 Å².